The van der Waals surface area contributed by atoms with Crippen LogP contribution in [0.15, 0.2) is 24.3 Å². The Labute approximate surface area is 98.0 Å². The van der Waals surface area contributed by atoms with Gasteiger partial charge in [0, 0.05) is 25.1 Å². The molecule has 86 valence electrons. The minimum Gasteiger partial charge on any atom is -0.494 e. The number of nitrogens with one attached hydrogen (secondary N) is 1. The molecule has 0 unspecified atom stereocenters. The Hall–Kier alpha value is -1.46. The lowest BCUT2D eigenvalue weighted by Gasteiger charge is -2.10. The van der Waals surface area contributed by atoms with Crippen molar-refractivity contribution in [3.8, 4) is 17.6 Å². The highest BCUT2D eigenvalue weighted by Crippen LogP contribution is 2.17. The van der Waals surface area contributed by atoms with Gasteiger partial charge in [-0.25, -0.2) is 0 Å². The maximum atomic E-state index is 5.55. The zero-order chi connectivity index (χ0) is 11.6. The van der Waals surface area contributed by atoms with E-state index >= 15 is 0 Å². The molecule has 0 saturated heterocycles. The minimum absolute atomic E-state index is 0.707. The van der Waals surface area contributed by atoms with Crippen molar-refractivity contribution in [2.75, 3.05) is 13.2 Å². The monoisotopic (exact) mass is 217 g/mol. The number of rotatable bonds is 6. The second-order valence-corrected chi connectivity index (χ2v) is 3.39. The molecule has 0 radical (unpaired) electrons. The van der Waals surface area contributed by atoms with E-state index in [9.17, 15) is 0 Å². The molecular weight excluding hydrogens is 198 g/mol. The molecule has 0 saturated carbocycles. The maximum absolute atomic E-state index is 5.55. The summed E-state index contributed by atoms with van der Waals surface area (Å²) in [5.74, 6) is 6.89. The molecule has 0 heterocycles. The topological polar surface area (TPSA) is 21.3 Å². The van der Waals surface area contributed by atoms with Gasteiger partial charge in [0.05, 0.1) is 6.61 Å². The molecule has 0 amide bonds. The Balaban J connectivity index is 2.42. The molecule has 0 fully saturated rings. The quantitative estimate of drug-likeness (QED) is 0.584. The van der Waals surface area contributed by atoms with Crippen molar-refractivity contribution < 1.29 is 4.74 Å². The van der Waals surface area contributed by atoms with Gasteiger partial charge in [0.15, 0.2) is 0 Å². The third kappa shape index (κ3) is 4.37. The molecule has 1 aromatic carbocycles. The summed E-state index contributed by atoms with van der Waals surface area (Å²) in [6.07, 6.45) is 0.896. The van der Waals surface area contributed by atoms with Crippen LogP contribution in [0.2, 0.25) is 0 Å². The normalized spacial score (nSPS) is 9.38. The number of hydrogen-bond donors (Lipinski definition) is 1. The van der Waals surface area contributed by atoms with E-state index in [-0.39, 0.29) is 0 Å². The van der Waals surface area contributed by atoms with Gasteiger partial charge in [-0.15, -0.1) is 11.8 Å². The lowest BCUT2D eigenvalue weighted by molar-refractivity contribution is 0.335. The molecule has 2 heteroatoms. The summed E-state index contributed by atoms with van der Waals surface area (Å²) < 4.78 is 5.55. The first-order valence-electron chi connectivity index (χ1n) is 5.69. The molecule has 2 nitrogen and oxygen atoms in total. The molecule has 1 N–H and O–H groups in total. The van der Waals surface area contributed by atoms with Gasteiger partial charge in [0.2, 0.25) is 0 Å². The molecule has 0 spiro atoms. The highest BCUT2D eigenvalue weighted by Gasteiger charge is 2.00. The Morgan fingerprint density at radius 3 is 2.88 bits per heavy atom. The number of benzene rings is 1. The lowest BCUT2D eigenvalue weighted by atomic mass is 10.2. The number of para-hydroxylation sites is 1. The molecule has 0 aliphatic carbocycles. The third-order valence-electron chi connectivity index (χ3n) is 2.19. The minimum atomic E-state index is 0.707. The van der Waals surface area contributed by atoms with Crippen LogP contribution < -0.4 is 10.1 Å². The van der Waals surface area contributed by atoms with Crippen molar-refractivity contribution in [1.82, 2.24) is 5.32 Å². The van der Waals surface area contributed by atoms with Crippen LogP contribution in [0, 0.1) is 11.8 Å². The van der Waals surface area contributed by atoms with Gasteiger partial charge in [-0.2, -0.15) is 0 Å². The van der Waals surface area contributed by atoms with Crippen molar-refractivity contribution in [3.63, 3.8) is 0 Å². The second-order valence-electron chi connectivity index (χ2n) is 3.39. The van der Waals surface area contributed by atoms with E-state index in [1.54, 1.807) is 0 Å². The largest absolute Gasteiger partial charge is 0.494 e. The van der Waals surface area contributed by atoms with Crippen LogP contribution in [0.3, 0.4) is 0 Å². The summed E-state index contributed by atoms with van der Waals surface area (Å²) in [7, 11) is 0. The summed E-state index contributed by atoms with van der Waals surface area (Å²) >= 11 is 0. The Morgan fingerprint density at radius 2 is 2.12 bits per heavy atom. The van der Waals surface area contributed by atoms with Crippen LogP contribution in [0.25, 0.3) is 0 Å². The van der Waals surface area contributed by atoms with Gasteiger partial charge in [-0.1, -0.05) is 18.2 Å². The van der Waals surface area contributed by atoms with Crippen molar-refractivity contribution in [2.45, 2.75) is 26.8 Å². The first kappa shape index (κ1) is 12.6. The average molecular weight is 217 g/mol. The molecule has 0 bridgehead atoms. The first-order chi connectivity index (χ1) is 7.88. The zero-order valence-corrected chi connectivity index (χ0v) is 10.0. The van der Waals surface area contributed by atoms with E-state index < -0.39 is 0 Å². The van der Waals surface area contributed by atoms with Crippen LogP contribution >= 0.6 is 0 Å². The van der Waals surface area contributed by atoms with E-state index in [0.717, 1.165) is 25.3 Å². The predicted octanol–water partition coefficient (Wildman–Crippen LogP) is 2.59. The van der Waals surface area contributed by atoms with E-state index in [2.05, 4.69) is 23.2 Å². The summed E-state index contributed by atoms with van der Waals surface area (Å²) in [6.45, 7) is 6.33. The van der Waals surface area contributed by atoms with Crippen molar-refractivity contribution >= 4 is 0 Å². The summed E-state index contributed by atoms with van der Waals surface area (Å²) in [6, 6.07) is 8.12. The fourth-order valence-electron chi connectivity index (χ4n) is 1.45. The molecule has 1 rings (SSSR count). The van der Waals surface area contributed by atoms with Gasteiger partial charge in [-0.05, 0) is 19.9 Å². The van der Waals surface area contributed by atoms with E-state index in [1.807, 2.05) is 32.0 Å². The SMILES string of the molecule is CC#CCCNCc1ccccc1OCC. The first-order valence-corrected chi connectivity index (χ1v) is 5.69. The third-order valence-corrected chi connectivity index (χ3v) is 2.19. The van der Waals surface area contributed by atoms with Crippen LogP contribution in [0.4, 0.5) is 0 Å². The fraction of sp³-hybridized carbons (Fsp3) is 0.429. The van der Waals surface area contributed by atoms with Crippen molar-refractivity contribution in [2.24, 2.45) is 0 Å². The van der Waals surface area contributed by atoms with Crippen LogP contribution in [-0.2, 0) is 6.54 Å². The Kier molecular flexibility index (Phi) is 6.13. The summed E-state index contributed by atoms with van der Waals surface area (Å²) in [4.78, 5) is 0. The van der Waals surface area contributed by atoms with Gasteiger partial charge in [0.25, 0.3) is 0 Å². The van der Waals surface area contributed by atoms with Crippen molar-refractivity contribution in [3.05, 3.63) is 29.8 Å². The van der Waals surface area contributed by atoms with Crippen LogP contribution in [0.1, 0.15) is 25.8 Å². The summed E-state index contributed by atoms with van der Waals surface area (Å²) in [5.41, 5.74) is 1.20. The molecule has 16 heavy (non-hydrogen) atoms. The molecule has 0 atom stereocenters. The van der Waals surface area contributed by atoms with Gasteiger partial charge in [0.1, 0.15) is 5.75 Å². The predicted molar refractivity (Wildman–Crippen MR) is 67.4 cm³/mol. The van der Waals surface area contributed by atoms with E-state index in [4.69, 9.17) is 4.74 Å². The summed E-state index contributed by atoms with van der Waals surface area (Å²) in [5, 5.41) is 3.35. The van der Waals surface area contributed by atoms with Gasteiger partial charge in [-0.3, -0.25) is 0 Å². The maximum Gasteiger partial charge on any atom is 0.123 e. The zero-order valence-electron chi connectivity index (χ0n) is 10.0. The van der Waals surface area contributed by atoms with Crippen LogP contribution in [0.5, 0.6) is 5.75 Å². The Morgan fingerprint density at radius 1 is 1.31 bits per heavy atom. The smallest absolute Gasteiger partial charge is 0.123 e. The molecular formula is C14H19NO. The van der Waals surface area contributed by atoms with Crippen LogP contribution in [-0.4, -0.2) is 13.2 Å². The Bertz CT molecular complexity index is 362. The van der Waals surface area contributed by atoms with Gasteiger partial charge >= 0.3 is 0 Å². The number of hydrogen-bond acceptors (Lipinski definition) is 2. The second kappa shape index (κ2) is 7.78. The van der Waals surface area contributed by atoms with E-state index in [0.29, 0.717) is 6.61 Å². The molecule has 1 aromatic rings. The van der Waals surface area contributed by atoms with Crippen molar-refractivity contribution in [1.29, 1.82) is 0 Å². The van der Waals surface area contributed by atoms with Gasteiger partial charge < -0.3 is 10.1 Å². The standard InChI is InChI=1S/C14H19NO/c1-3-5-8-11-15-12-13-9-6-7-10-14(13)16-4-2/h6-7,9-10,15H,4,8,11-12H2,1-2H3. The highest BCUT2D eigenvalue weighted by atomic mass is 16.5. The molecule has 0 aromatic heterocycles. The average Bonchev–Trinajstić information content (AvgIpc) is 2.31. The number of ether oxygens (including phenoxy) is 1. The molecule has 0 aliphatic rings. The van der Waals surface area contributed by atoms with E-state index in [1.165, 1.54) is 5.56 Å². The molecule has 0 aliphatic heterocycles. The highest BCUT2D eigenvalue weighted by molar-refractivity contribution is 5.33. The lowest BCUT2D eigenvalue weighted by Crippen LogP contribution is -2.15. The fourth-order valence-corrected chi connectivity index (χ4v) is 1.45.